The molecule has 1 aromatic carbocycles. The molecule has 0 aliphatic carbocycles. The van der Waals surface area contributed by atoms with Crippen molar-refractivity contribution in [3.05, 3.63) is 24.3 Å². The van der Waals surface area contributed by atoms with Crippen LogP contribution >= 0.6 is 0 Å². The summed E-state index contributed by atoms with van der Waals surface area (Å²) < 4.78 is 5.48. The van der Waals surface area contributed by atoms with Crippen LogP contribution in [-0.2, 0) is 9.59 Å². The molecule has 98 valence electrons. The van der Waals surface area contributed by atoms with Gasteiger partial charge < -0.3 is 10.1 Å². The molecule has 0 spiro atoms. The largest absolute Gasteiger partial charge is 0.479 e. The Labute approximate surface area is 111 Å². The molecule has 1 aromatic rings. The molecular weight excluding hydrogens is 244 g/mol. The Morgan fingerprint density at radius 3 is 3.00 bits per heavy atom. The number of ether oxygens (including phenoxy) is 1. The molecule has 0 radical (unpaired) electrons. The summed E-state index contributed by atoms with van der Waals surface area (Å²) in [6, 6.07) is 7.12. The van der Waals surface area contributed by atoms with Gasteiger partial charge in [0.15, 0.2) is 6.10 Å². The fraction of sp³-hybridized carbons (Fsp3) is 0.286. The molecule has 2 rings (SSSR count). The minimum absolute atomic E-state index is 0.0643. The molecule has 1 N–H and O–H groups in total. The lowest BCUT2D eigenvalue weighted by atomic mass is 10.2. The van der Waals surface area contributed by atoms with E-state index in [1.165, 1.54) is 4.90 Å². The molecule has 0 fully saturated rings. The van der Waals surface area contributed by atoms with Crippen LogP contribution in [0.25, 0.3) is 0 Å². The maximum absolute atomic E-state index is 12.1. The van der Waals surface area contributed by atoms with Crippen LogP contribution in [-0.4, -0.2) is 31.0 Å². The number of hydrogen-bond donors (Lipinski definition) is 1. The van der Waals surface area contributed by atoms with E-state index in [1.54, 1.807) is 25.1 Å². The van der Waals surface area contributed by atoms with Crippen molar-refractivity contribution in [2.24, 2.45) is 0 Å². The molecule has 0 saturated carbocycles. The number of carbonyl (C=O) groups is 2. The van der Waals surface area contributed by atoms with Crippen LogP contribution in [0.3, 0.4) is 0 Å². The maximum Gasteiger partial charge on any atom is 0.268 e. The predicted octanol–water partition coefficient (Wildman–Crippen LogP) is 0.550. The lowest BCUT2D eigenvalue weighted by molar-refractivity contribution is -0.128. The number of carbonyl (C=O) groups excluding carboxylic acids is 2. The number of terminal acetylenes is 1. The highest BCUT2D eigenvalue weighted by Crippen LogP contribution is 2.33. The molecule has 1 heterocycles. The van der Waals surface area contributed by atoms with Crippen LogP contribution in [0, 0.1) is 12.3 Å². The van der Waals surface area contributed by atoms with E-state index in [9.17, 15) is 9.59 Å². The second kappa shape index (κ2) is 5.44. The smallest absolute Gasteiger partial charge is 0.268 e. The number of nitrogens with zero attached hydrogens (tertiary/aromatic N) is 1. The van der Waals surface area contributed by atoms with Crippen LogP contribution < -0.4 is 15.0 Å². The van der Waals surface area contributed by atoms with Gasteiger partial charge >= 0.3 is 0 Å². The zero-order valence-electron chi connectivity index (χ0n) is 10.6. The van der Waals surface area contributed by atoms with Gasteiger partial charge in [0, 0.05) is 0 Å². The van der Waals surface area contributed by atoms with Gasteiger partial charge in [-0.2, -0.15) is 0 Å². The van der Waals surface area contributed by atoms with Crippen molar-refractivity contribution < 1.29 is 14.3 Å². The second-order valence-electron chi connectivity index (χ2n) is 4.13. The van der Waals surface area contributed by atoms with E-state index in [0.29, 0.717) is 11.4 Å². The van der Waals surface area contributed by atoms with Gasteiger partial charge in [-0.05, 0) is 19.1 Å². The number of fused-ring (bicyclic) bond motifs is 1. The minimum atomic E-state index is -0.602. The summed E-state index contributed by atoms with van der Waals surface area (Å²) in [6.07, 6.45) is 4.47. The summed E-state index contributed by atoms with van der Waals surface area (Å²) in [5.74, 6) is 2.37. The number of para-hydroxylation sites is 2. The Morgan fingerprint density at radius 1 is 1.53 bits per heavy atom. The number of nitrogens with one attached hydrogen (secondary N) is 1. The summed E-state index contributed by atoms with van der Waals surface area (Å²) in [7, 11) is 0. The lowest BCUT2D eigenvalue weighted by Crippen LogP contribution is -2.48. The molecule has 5 heteroatoms. The van der Waals surface area contributed by atoms with Gasteiger partial charge in [0.2, 0.25) is 5.91 Å². The first-order valence-corrected chi connectivity index (χ1v) is 5.90. The zero-order valence-corrected chi connectivity index (χ0v) is 10.6. The molecule has 0 saturated heterocycles. The van der Waals surface area contributed by atoms with Crippen LogP contribution in [0.1, 0.15) is 6.92 Å². The summed E-state index contributed by atoms with van der Waals surface area (Å²) in [5, 5.41) is 2.54. The second-order valence-corrected chi connectivity index (χ2v) is 4.13. The number of amides is 2. The van der Waals surface area contributed by atoms with E-state index >= 15 is 0 Å². The Bertz CT molecular complexity index is 548. The highest BCUT2D eigenvalue weighted by atomic mass is 16.5. The van der Waals surface area contributed by atoms with E-state index in [0.717, 1.165) is 0 Å². The molecule has 5 nitrogen and oxygen atoms in total. The van der Waals surface area contributed by atoms with Gasteiger partial charge in [-0.25, -0.2) is 0 Å². The van der Waals surface area contributed by atoms with Crippen LogP contribution in [0.15, 0.2) is 24.3 Å². The van der Waals surface area contributed by atoms with E-state index in [2.05, 4.69) is 11.2 Å². The minimum Gasteiger partial charge on any atom is -0.479 e. The standard InChI is InChI=1S/C14H14N2O3/c1-3-8-15-13(17)9-16-11-6-4-5-7-12(11)19-10(2)14(16)18/h1,4-7,10H,8-9H2,2H3,(H,15,17). The number of benzene rings is 1. The molecule has 1 unspecified atom stereocenters. The fourth-order valence-corrected chi connectivity index (χ4v) is 1.87. The van der Waals surface area contributed by atoms with Crippen molar-refractivity contribution in [3.8, 4) is 18.1 Å². The van der Waals surface area contributed by atoms with Crippen molar-refractivity contribution in [2.75, 3.05) is 18.0 Å². The monoisotopic (exact) mass is 258 g/mol. The van der Waals surface area contributed by atoms with E-state index in [4.69, 9.17) is 11.2 Å². The van der Waals surface area contributed by atoms with Crippen LogP contribution in [0.4, 0.5) is 5.69 Å². The van der Waals surface area contributed by atoms with Gasteiger partial charge in [-0.15, -0.1) is 6.42 Å². The summed E-state index contributed by atoms with van der Waals surface area (Å²) in [5.41, 5.74) is 0.599. The van der Waals surface area contributed by atoms with Gasteiger partial charge in [0.1, 0.15) is 12.3 Å². The Morgan fingerprint density at radius 2 is 2.26 bits per heavy atom. The van der Waals surface area contributed by atoms with Crippen LogP contribution in [0.5, 0.6) is 5.75 Å². The summed E-state index contributed by atoms with van der Waals surface area (Å²) in [4.78, 5) is 25.2. The quantitative estimate of drug-likeness (QED) is 0.805. The predicted molar refractivity (Wildman–Crippen MR) is 70.7 cm³/mol. The van der Waals surface area contributed by atoms with E-state index < -0.39 is 6.10 Å². The number of hydrogen-bond acceptors (Lipinski definition) is 3. The molecular formula is C14H14N2O3. The van der Waals surface area contributed by atoms with Crippen molar-refractivity contribution in [3.63, 3.8) is 0 Å². The third kappa shape index (κ3) is 2.68. The van der Waals surface area contributed by atoms with E-state index in [-0.39, 0.29) is 24.9 Å². The first-order valence-electron chi connectivity index (χ1n) is 5.90. The maximum atomic E-state index is 12.1. The SMILES string of the molecule is C#CCNC(=O)CN1C(=O)C(C)Oc2ccccc21. The third-order valence-corrected chi connectivity index (χ3v) is 2.76. The molecule has 19 heavy (non-hydrogen) atoms. The lowest BCUT2D eigenvalue weighted by Gasteiger charge is -2.32. The van der Waals surface area contributed by atoms with Gasteiger partial charge in [-0.3, -0.25) is 14.5 Å². The molecule has 1 atom stereocenters. The first kappa shape index (κ1) is 13.0. The zero-order chi connectivity index (χ0) is 13.8. The summed E-state index contributed by atoms with van der Waals surface area (Å²) in [6.45, 7) is 1.74. The number of anilines is 1. The van der Waals surface area contributed by atoms with Gasteiger partial charge in [-0.1, -0.05) is 18.1 Å². The summed E-state index contributed by atoms with van der Waals surface area (Å²) >= 11 is 0. The Hall–Kier alpha value is -2.48. The van der Waals surface area contributed by atoms with Gasteiger partial charge in [0.05, 0.1) is 12.2 Å². The molecule has 2 amide bonds. The molecule has 1 aliphatic rings. The molecule has 1 aliphatic heterocycles. The fourth-order valence-electron chi connectivity index (χ4n) is 1.87. The van der Waals surface area contributed by atoms with Crippen molar-refractivity contribution in [1.82, 2.24) is 5.32 Å². The topological polar surface area (TPSA) is 58.6 Å². The average Bonchev–Trinajstić information content (AvgIpc) is 2.41. The first-order chi connectivity index (χ1) is 9.13. The van der Waals surface area contributed by atoms with Crippen molar-refractivity contribution in [1.29, 1.82) is 0 Å². The van der Waals surface area contributed by atoms with Crippen LogP contribution in [0.2, 0.25) is 0 Å². The molecule has 0 bridgehead atoms. The highest BCUT2D eigenvalue weighted by molar-refractivity contribution is 6.03. The normalized spacial score (nSPS) is 17.2. The average molecular weight is 258 g/mol. The molecule has 0 aromatic heterocycles. The Kier molecular flexibility index (Phi) is 3.71. The third-order valence-electron chi connectivity index (χ3n) is 2.76. The Balaban J connectivity index is 2.21. The highest BCUT2D eigenvalue weighted by Gasteiger charge is 2.32. The number of rotatable bonds is 3. The van der Waals surface area contributed by atoms with Crippen molar-refractivity contribution >= 4 is 17.5 Å². The van der Waals surface area contributed by atoms with E-state index in [1.807, 2.05) is 6.07 Å². The van der Waals surface area contributed by atoms with Gasteiger partial charge in [0.25, 0.3) is 5.91 Å². The van der Waals surface area contributed by atoms with Crippen molar-refractivity contribution in [2.45, 2.75) is 13.0 Å².